The Morgan fingerprint density at radius 1 is 0.341 bits per heavy atom. The summed E-state index contributed by atoms with van der Waals surface area (Å²) in [5, 5.41) is 10.0. The van der Waals surface area contributed by atoms with Crippen LogP contribution < -0.4 is 39.6 Å². The lowest BCUT2D eigenvalue weighted by atomic mass is 10.1. The van der Waals surface area contributed by atoms with Crippen LogP contribution in [0.25, 0.3) is 0 Å². The molecule has 0 atom stereocenters. The van der Waals surface area contributed by atoms with Gasteiger partial charge in [0.15, 0.2) is 23.0 Å². The SMILES string of the molecule is C=C(OC)Oc1ccc(Nc2nc(Nc3ccc(OCCOCCOCCOCC)c(OCCOCCOCCOCC)c3)nc(Nc3ccc(OCCOCCOCCOCC)c(OCCOCCOCCOCC)c3)n2)cc1CC. The molecule has 0 spiro atoms. The predicted molar refractivity (Wildman–Crippen MR) is 310 cm³/mol. The molecule has 0 aliphatic heterocycles. The quantitative estimate of drug-likeness (QED) is 0.0281. The number of benzene rings is 3. The van der Waals surface area contributed by atoms with E-state index < -0.39 is 0 Å². The Balaban J connectivity index is 1.57. The first-order chi connectivity index (χ1) is 40.4. The van der Waals surface area contributed by atoms with Gasteiger partial charge in [-0.15, -0.1) is 0 Å². The summed E-state index contributed by atoms with van der Waals surface area (Å²) in [4.78, 5) is 14.4. The Labute approximate surface area is 484 Å². The van der Waals surface area contributed by atoms with E-state index in [0.717, 1.165) is 5.56 Å². The number of anilines is 6. The molecule has 24 nitrogen and oxygen atoms in total. The third kappa shape index (κ3) is 31.0. The van der Waals surface area contributed by atoms with Gasteiger partial charge in [-0.05, 0) is 88.7 Å². The minimum Gasteiger partial charge on any atom is -0.487 e. The molecule has 0 aliphatic carbocycles. The van der Waals surface area contributed by atoms with Gasteiger partial charge < -0.3 is 101 Å². The van der Waals surface area contributed by atoms with E-state index in [-0.39, 0.29) is 50.2 Å². The molecule has 0 saturated heterocycles. The second-order valence-corrected chi connectivity index (χ2v) is 16.9. The summed E-state index contributed by atoms with van der Waals surface area (Å²) in [5.41, 5.74) is 2.78. The summed E-state index contributed by atoms with van der Waals surface area (Å²) in [5.74, 6) is 3.32. The molecule has 0 radical (unpaired) electrons. The summed E-state index contributed by atoms with van der Waals surface area (Å²) in [6, 6.07) is 16.5. The summed E-state index contributed by atoms with van der Waals surface area (Å²) in [7, 11) is 1.50. The maximum atomic E-state index is 6.26. The molecular weight excluding hydrogens is 1070 g/mol. The van der Waals surface area contributed by atoms with E-state index in [4.69, 9.17) is 100 Å². The fourth-order valence-electron chi connectivity index (χ4n) is 6.94. The van der Waals surface area contributed by atoms with E-state index in [0.29, 0.717) is 211 Å². The van der Waals surface area contributed by atoms with Crippen LogP contribution in [0.3, 0.4) is 0 Å². The molecule has 0 fully saturated rings. The zero-order chi connectivity index (χ0) is 58.3. The van der Waals surface area contributed by atoms with Crippen molar-refractivity contribution in [2.24, 2.45) is 0 Å². The van der Waals surface area contributed by atoms with Gasteiger partial charge in [0.05, 0.1) is 139 Å². The molecule has 0 unspecified atom stereocenters. The van der Waals surface area contributed by atoms with E-state index in [1.807, 2.05) is 65.0 Å². The molecule has 3 aromatic carbocycles. The largest absolute Gasteiger partial charge is 0.487 e. The average molecular weight is 1160 g/mol. The Bertz CT molecular complexity index is 2160. The summed E-state index contributed by atoms with van der Waals surface area (Å²) >= 11 is 0. The van der Waals surface area contributed by atoms with Gasteiger partial charge in [0, 0.05) is 55.6 Å². The van der Waals surface area contributed by atoms with E-state index in [1.54, 1.807) is 24.3 Å². The molecule has 0 saturated carbocycles. The smallest absolute Gasteiger partial charge is 0.276 e. The Kier molecular flexibility index (Phi) is 38.2. The minimum absolute atomic E-state index is 0.173. The average Bonchev–Trinajstić information content (AvgIpc) is 3.62. The van der Waals surface area contributed by atoms with Gasteiger partial charge in [0.25, 0.3) is 5.95 Å². The van der Waals surface area contributed by atoms with Gasteiger partial charge in [-0.2, -0.15) is 15.0 Å². The van der Waals surface area contributed by atoms with Gasteiger partial charge in [0.1, 0.15) is 32.2 Å². The third-order valence-corrected chi connectivity index (χ3v) is 10.9. The lowest BCUT2D eigenvalue weighted by Crippen LogP contribution is -2.14. The van der Waals surface area contributed by atoms with Gasteiger partial charge in [-0.25, -0.2) is 0 Å². The van der Waals surface area contributed by atoms with E-state index in [2.05, 4.69) is 22.5 Å². The number of rotatable bonds is 54. The standard InChI is InChI=1S/C58H90N6O18/c1-8-47-43-48(13-16-51(47)82-46(6)65-7)59-56-62-57(60-49-14-17-52(78-39-35-74-31-27-70-23-19-66-9-2)54(44-49)80-41-37-76-33-29-72-25-21-68-11-4)64-58(63-56)61-50-15-18-53(79-40-36-75-32-28-71-24-20-67-10-3)55(45-50)81-42-38-77-34-30-73-26-22-69-12-5/h13-18,43-45H,6,8-12,19-42H2,1-5,7H3,(H3,59,60,61,62,63,64). The fourth-order valence-corrected chi connectivity index (χ4v) is 6.94. The zero-order valence-electron chi connectivity index (χ0n) is 49.1. The van der Waals surface area contributed by atoms with Crippen LogP contribution in [0.15, 0.2) is 67.1 Å². The molecule has 4 aromatic rings. The highest BCUT2D eigenvalue weighted by atomic mass is 16.7. The van der Waals surface area contributed by atoms with Crippen molar-refractivity contribution in [1.29, 1.82) is 0 Å². The number of hydrogen-bond acceptors (Lipinski definition) is 24. The molecule has 0 bridgehead atoms. The molecule has 0 amide bonds. The van der Waals surface area contributed by atoms with E-state index in [1.165, 1.54) is 7.11 Å². The van der Waals surface area contributed by atoms with Crippen LogP contribution in [0.5, 0.6) is 28.7 Å². The lowest BCUT2D eigenvalue weighted by Gasteiger charge is -2.17. The molecule has 0 aliphatic rings. The summed E-state index contributed by atoms with van der Waals surface area (Å²) < 4.78 is 102. The van der Waals surface area contributed by atoms with Crippen LogP contribution in [0.1, 0.15) is 40.2 Å². The molecular formula is C58H90N6O18. The van der Waals surface area contributed by atoms with Crippen molar-refractivity contribution in [2.75, 3.05) is 208 Å². The fraction of sp³-hybridized carbons (Fsp3) is 0.603. The van der Waals surface area contributed by atoms with Crippen molar-refractivity contribution < 1.29 is 85.3 Å². The monoisotopic (exact) mass is 1160 g/mol. The van der Waals surface area contributed by atoms with Gasteiger partial charge in [-0.3, -0.25) is 0 Å². The third-order valence-electron chi connectivity index (χ3n) is 10.9. The summed E-state index contributed by atoms with van der Waals surface area (Å²) in [6.45, 7) is 26.0. The zero-order valence-corrected chi connectivity index (χ0v) is 49.1. The number of nitrogens with one attached hydrogen (secondary N) is 3. The maximum absolute atomic E-state index is 6.26. The highest BCUT2D eigenvalue weighted by molar-refractivity contribution is 5.66. The number of nitrogens with zero attached hydrogens (tertiary/aromatic N) is 3. The van der Waals surface area contributed by atoms with Crippen LogP contribution in [-0.2, 0) is 68.0 Å². The number of aryl methyl sites for hydroxylation is 1. The Hall–Kier alpha value is -5.87. The molecule has 82 heavy (non-hydrogen) atoms. The molecule has 1 aromatic heterocycles. The first-order valence-electron chi connectivity index (χ1n) is 28.2. The van der Waals surface area contributed by atoms with Crippen LogP contribution in [0.4, 0.5) is 34.9 Å². The number of methoxy groups -OCH3 is 1. The van der Waals surface area contributed by atoms with Crippen LogP contribution in [-0.4, -0.2) is 207 Å². The first kappa shape index (κ1) is 68.6. The predicted octanol–water partition coefficient (Wildman–Crippen LogP) is 7.96. The highest BCUT2D eigenvalue weighted by Gasteiger charge is 2.15. The molecule has 3 N–H and O–H groups in total. The normalized spacial score (nSPS) is 11.1. The van der Waals surface area contributed by atoms with Gasteiger partial charge in [-0.1, -0.05) is 6.92 Å². The number of hydrogen-bond donors (Lipinski definition) is 3. The Morgan fingerprint density at radius 2 is 0.610 bits per heavy atom. The lowest BCUT2D eigenvalue weighted by molar-refractivity contribution is 0.00975. The topological polar surface area (TPSA) is 241 Å². The van der Waals surface area contributed by atoms with Crippen molar-refractivity contribution in [2.45, 2.75) is 41.0 Å². The minimum atomic E-state index is 0.173. The van der Waals surface area contributed by atoms with E-state index >= 15 is 0 Å². The van der Waals surface area contributed by atoms with Crippen molar-refractivity contribution >= 4 is 34.9 Å². The molecule has 4 rings (SSSR count). The molecule has 1 heterocycles. The highest BCUT2D eigenvalue weighted by Crippen LogP contribution is 2.34. The van der Waals surface area contributed by atoms with E-state index in [9.17, 15) is 0 Å². The molecule has 24 heteroatoms. The second-order valence-electron chi connectivity index (χ2n) is 16.9. The number of ether oxygens (including phenoxy) is 18. The second kappa shape index (κ2) is 45.6. The van der Waals surface area contributed by atoms with Crippen LogP contribution in [0, 0.1) is 0 Å². The van der Waals surface area contributed by atoms with Crippen LogP contribution >= 0.6 is 0 Å². The van der Waals surface area contributed by atoms with Gasteiger partial charge >= 0.3 is 0 Å². The van der Waals surface area contributed by atoms with Crippen molar-refractivity contribution in [3.63, 3.8) is 0 Å². The maximum Gasteiger partial charge on any atom is 0.276 e. The Morgan fingerprint density at radius 3 is 0.902 bits per heavy atom. The van der Waals surface area contributed by atoms with Gasteiger partial charge in [0.2, 0.25) is 17.8 Å². The van der Waals surface area contributed by atoms with Crippen molar-refractivity contribution in [3.8, 4) is 28.7 Å². The van der Waals surface area contributed by atoms with Crippen molar-refractivity contribution in [1.82, 2.24) is 15.0 Å². The van der Waals surface area contributed by atoms with Crippen molar-refractivity contribution in [3.05, 3.63) is 72.7 Å². The summed E-state index contributed by atoms with van der Waals surface area (Å²) in [6.07, 6.45) is 0.659. The first-order valence-corrected chi connectivity index (χ1v) is 28.2. The van der Waals surface area contributed by atoms with Crippen LogP contribution in [0.2, 0.25) is 0 Å². The molecule has 460 valence electrons. The number of aromatic nitrogens is 3.